The first kappa shape index (κ1) is 12.2. The second kappa shape index (κ2) is 5.89. The van der Waals surface area contributed by atoms with Gasteiger partial charge in [-0.05, 0) is 42.3 Å². The highest BCUT2D eigenvalue weighted by atomic mass is 35.5. The summed E-state index contributed by atoms with van der Waals surface area (Å²) in [6.45, 7) is 0.825. The van der Waals surface area contributed by atoms with Gasteiger partial charge in [-0.15, -0.1) is 0 Å². The van der Waals surface area contributed by atoms with Crippen molar-refractivity contribution < 1.29 is 0 Å². The van der Waals surface area contributed by atoms with Gasteiger partial charge in [0, 0.05) is 24.0 Å². The molecule has 0 aliphatic rings. The Kier molecular flexibility index (Phi) is 4.24. The third-order valence-corrected chi connectivity index (χ3v) is 2.96. The van der Waals surface area contributed by atoms with Crippen LogP contribution in [0.5, 0.6) is 0 Å². The summed E-state index contributed by atoms with van der Waals surface area (Å²) in [5, 5.41) is 4.57. The molecule has 88 valence electrons. The number of anilines is 1. The van der Waals surface area contributed by atoms with Crippen molar-refractivity contribution in [1.82, 2.24) is 4.98 Å². The first-order valence-corrected chi connectivity index (χ1v) is 6.09. The lowest BCUT2D eigenvalue weighted by molar-refractivity contribution is 1.01. The van der Waals surface area contributed by atoms with Gasteiger partial charge in [0.1, 0.15) is 0 Å². The van der Waals surface area contributed by atoms with Crippen LogP contribution in [0.25, 0.3) is 0 Å². The molecule has 0 atom stereocenters. The van der Waals surface area contributed by atoms with Crippen molar-refractivity contribution in [2.24, 2.45) is 0 Å². The highest BCUT2D eigenvalue weighted by Gasteiger charge is 2.00. The highest BCUT2D eigenvalue weighted by molar-refractivity contribution is 6.36. The van der Waals surface area contributed by atoms with Crippen molar-refractivity contribution in [1.29, 1.82) is 0 Å². The average molecular weight is 267 g/mol. The molecule has 0 aliphatic carbocycles. The van der Waals surface area contributed by atoms with E-state index in [1.54, 1.807) is 18.5 Å². The molecular formula is C13H12Cl2N2. The monoisotopic (exact) mass is 266 g/mol. The SMILES string of the molecule is Clc1ccc(NCCc2ccncc2)c(Cl)c1. The molecule has 1 N–H and O–H groups in total. The third kappa shape index (κ3) is 3.62. The molecule has 2 nitrogen and oxygen atoms in total. The Balaban J connectivity index is 1.90. The maximum atomic E-state index is 6.05. The molecule has 0 saturated carbocycles. The fourth-order valence-electron chi connectivity index (χ4n) is 1.52. The van der Waals surface area contributed by atoms with E-state index in [4.69, 9.17) is 23.2 Å². The molecule has 0 amide bonds. The second-order valence-corrected chi connectivity index (χ2v) is 4.50. The number of nitrogens with one attached hydrogen (secondary N) is 1. The quantitative estimate of drug-likeness (QED) is 0.904. The third-order valence-electron chi connectivity index (χ3n) is 2.41. The maximum absolute atomic E-state index is 6.05. The Hall–Kier alpha value is -1.25. The number of halogens is 2. The van der Waals surface area contributed by atoms with Crippen molar-refractivity contribution in [2.45, 2.75) is 6.42 Å². The summed E-state index contributed by atoms with van der Waals surface area (Å²) in [5.41, 5.74) is 2.16. The molecule has 1 aromatic carbocycles. The molecular weight excluding hydrogens is 255 g/mol. The lowest BCUT2D eigenvalue weighted by Crippen LogP contribution is -2.05. The molecule has 0 unspecified atom stereocenters. The average Bonchev–Trinajstić information content (AvgIpc) is 2.33. The molecule has 2 rings (SSSR count). The Morgan fingerprint density at radius 2 is 1.82 bits per heavy atom. The fourth-order valence-corrected chi connectivity index (χ4v) is 2.00. The highest BCUT2D eigenvalue weighted by Crippen LogP contribution is 2.25. The zero-order valence-corrected chi connectivity index (χ0v) is 10.7. The van der Waals surface area contributed by atoms with Crippen molar-refractivity contribution in [3.8, 4) is 0 Å². The van der Waals surface area contributed by atoms with E-state index in [1.165, 1.54) is 5.56 Å². The van der Waals surface area contributed by atoms with Gasteiger partial charge in [0.2, 0.25) is 0 Å². The van der Waals surface area contributed by atoms with Crippen LogP contribution in [-0.2, 0) is 6.42 Å². The molecule has 17 heavy (non-hydrogen) atoms. The normalized spacial score (nSPS) is 10.2. The van der Waals surface area contributed by atoms with Gasteiger partial charge in [-0.25, -0.2) is 0 Å². The summed E-state index contributed by atoms with van der Waals surface area (Å²) in [6, 6.07) is 9.45. The van der Waals surface area contributed by atoms with Crippen molar-refractivity contribution >= 4 is 28.9 Å². The number of aromatic nitrogens is 1. The number of rotatable bonds is 4. The number of benzene rings is 1. The van der Waals surface area contributed by atoms with Crippen molar-refractivity contribution in [3.05, 3.63) is 58.3 Å². The molecule has 1 heterocycles. The van der Waals surface area contributed by atoms with E-state index in [1.807, 2.05) is 24.3 Å². The van der Waals surface area contributed by atoms with Crippen LogP contribution in [-0.4, -0.2) is 11.5 Å². The second-order valence-electron chi connectivity index (χ2n) is 3.66. The smallest absolute Gasteiger partial charge is 0.0652 e. The lowest BCUT2D eigenvalue weighted by Gasteiger charge is -2.08. The largest absolute Gasteiger partial charge is 0.384 e. The van der Waals surface area contributed by atoms with Gasteiger partial charge in [0.05, 0.1) is 10.7 Å². The van der Waals surface area contributed by atoms with Gasteiger partial charge in [0.25, 0.3) is 0 Å². The first-order valence-electron chi connectivity index (χ1n) is 5.33. The van der Waals surface area contributed by atoms with Crippen LogP contribution in [0, 0.1) is 0 Å². The minimum atomic E-state index is 0.646. The fraction of sp³-hybridized carbons (Fsp3) is 0.154. The minimum absolute atomic E-state index is 0.646. The van der Waals surface area contributed by atoms with Crippen LogP contribution < -0.4 is 5.32 Å². The van der Waals surface area contributed by atoms with E-state index in [2.05, 4.69) is 10.3 Å². The molecule has 0 aliphatic heterocycles. The van der Waals surface area contributed by atoms with E-state index in [0.717, 1.165) is 18.7 Å². The van der Waals surface area contributed by atoms with Gasteiger partial charge in [-0.2, -0.15) is 0 Å². The maximum Gasteiger partial charge on any atom is 0.0652 e. The van der Waals surface area contributed by atoms with E-state index < -0.39 is 0 Å². The summed E-state index contributed by atoms with van der Waals surface area (Å²) in [5.74, 6) is 0. The van der Waals surface area contributed by atoms with Crippen LogP contribution in [0.4, 0.5) is 5.69 Å². The molecule has 0 fully saturated rings. The van der Waals surface area contributed by atoms with E-state index >= 15 is 0 Å². The Labute approximate surface area is 111 Å². The van der Waals surface area contributed by atoms with Crippen LogP contribution >= 0.6 is 23.2 Å². The Morgan fingerprint density at radius 1 is 1.06 bits per heavy atom. The van der Waals surface area contributed by atoms with Crippen molar-refractivity contribution in [3.63, 3.8) is 0 Å². The molecule has 2 aromatic rings. The predicted molar refractivity (Wildman–Crippen MR) is 72.9 cm³/mol. The lowest BCUT2D eigenvalue weighted by atomic mass is 10.2. The topological polar surface area (TPSA) is 24.9 Å². The first-order chi connectivity index (χ1) is 8.25. The zero-order chi connectivity index (χ0) is 12.1. The number of nitrogens with zero attached hydrogens (tertiary/aromatic N) is 1. The zero-order valence-electron chi connectivity index (χ0n) is 9.16. The van der Waals surface area contributed by atoms with Crippen LogP contribution in [0.3, 0.4) is 0 Å². The van der Waals surface area contributed by atoms with E-state index in [0.29, 0.717) is 10.0 Å². The molecule has 0 radical (unpaired) electrons. The summed E-state index contributed by atoms with van der Waals surface area (Å²) in [4.78, 5) is 3.98. The summed E-state index contributed by atoms with van der Waals surface area (Å²) < 4.78 is 0. The van der Waals surface area contributed by atoms with Gasteiger partial charge in [-0.1, -0.05) is 23.2 Å². The summed E-state index contributed by atoms with van der Waals surface area (Å²) in [7, 11) is 0. The Morgan fingerprint density at radius 3 is 2.53 bits per heavy atom. The molecule has 0 saturated heterocycles. The number of hydrogen-bond donors (Lipinski definition) is 1. The molecule has 1 aromatic heterocycles. The van der Waals surface area contributed by atoms with E-state index in [-0.39, 0.29) is 0 Å². The number of hydrogen-bond acceptors (Lipinski definition) is 2. The Bertz CT molecular complexity index is 486. The van der Waals surface area contributed by atoms with Crippen LogP contribution in [0.2, 0.25) is 10.0 Å². The van der Waals surface area contributed by atoms with Gasteiger partial charge in [-0.3, -0.25) is 4.98 Å². The number of pyridine rings is 1. The summed E-state index contributed by atoms with van der Waals surface area (Å²) in [6.07, 6.45) is 4.52. The predicted octanol–water partition coefficient (Wildman–Crippen LogP) is 4.04. The minimum Gasteiger partial charge on any atom is -0.384 e. The van der Waals surface area contributed by atoms with Gasteiger partial charge >= 0.3 is 0 Å². The van der Waals surface area contributed by atoms with Gasteiger partial charge in [0.15, 0.2) is 0 Å². The molecule has 0 bridgehead atoms. The van der Waals surface area contributed by atoms with Gasteiger partial charge < -0.3 is 5.32 Å². The van der Waals surface area contributed by atoms with Crippen LogP contribution in [0.1, 0.15) is 5.56 Å². The standard InChI is InChI=1S/C13H12Cl2N2/c14-11-1-2-13(12(15)9-11)17-8-5-10-3-6-16-7-4-10/h1-4,6-7,9,17H,5,8H2. The summed E-state index contributed by atoms with van der Waals surface area (Å²) >= 11 is 11.9. The van der Waals surface area contributed by atoms with Crippen molar-refractivity contribution in [2.75, 3.05) is 11.9 Å². The molecule has 0 spiro atoms. The van der Waals surface area contributed by atoms with Crippen LogP contribution in [0.15, 0.2) is 42.7 Å². The molecule has 4 heteroatoms. The van der Waals surface area contributed by atoms with E-state index in [9.17, 15) is 0 Å².